The van der Waals surface area contributed by atoms with Crippen LogP contribution >= 0.6 is 0 Å². The Kier molecular flexibility index (Phi) is 6.27. The predicted molar refractivity (Wildman–Crippen MR) is 218 cm³/mol. The van der Waals surface area contributed by atoms with Gasteiger partial charge < -0.3 is 8.98 Å². The number of furan rings is 1. The van der Waals surface area contributed by atoms with Gasteiger partial charge in [0, 0.05) is 60.5 Å². The lowest BCUT2D eigenvalue weighted by Crippen LogP contribution is -2.17. The van der Waals surface area contributed by atoms with E-state index in [1.54, 1.807) is 0 Å². The molecule has 0 saturated heterocycles. The first kappa shape index (κ1) is 29.9. The second-order valence-corrected chi connectivity index (χ2v) is 14.6. The summed E-state index contributed by atoms with van der Waals surface area (Å²) in [6.45, 7) is 4.61. The van der Waals surface area contributed by atoms with Crippen LogP contribution in [0.3, 0.4) is 0 Å². The third kappa shape index (κ3) is 4.36. The first-order valence-corrected chi connectivity index (χ1v) is 18.2. The highest BCUT2D eigenvalue weighted by atomic mass is 16.3. The maximum Gasteiger partial charge on any atom is 0.160 e. The molecule has 0 aliphatic heterocycles. The summed E-state index contributed by atoms with van der Waals surface area (Å²) in [5.74, 6) is 0.705. The lowest BCUT2D eigenvalue weighted by Gasteiger charge is -2.24. The molecule has 4 nitrogen and oxygen atoms in total. The van der Waals surface area contributed by atoms with Gasteiger partial charge in [0.1, 0.15) is 11.2 Å². The lowest BCUT2D eigenvalue weighted by molar-refractivity contribution is 0.658. The van der Waals surface area contributed by atoms with Gasteiger partial charge in [0.15, 0.2) is 5.82 Å². The zero-order valence-corrected chi connectivity index (χ0v) is 29.3. The molecule has 0 spiro atoms. The minimum Gasteiger partial charge on any atom is -0.455 e. The summed E-state index contributed by atoms with van der Waals surface area (Å²) >= 11 is 0. The van der Waals surface area contributed by atoms with Crippen molar-refractivity contribution in [2.45, 2.75) is 19.3 Å². The fraction of sp³-hybridized carbons (Fsp3) is 0.0612. The van der Waals surface area contributed by atoms with Crippen LogP contribution in [0, 0.1) is 0 Å². The van der Waals surface area contributed by atoms with Crippen LogP contribution < -0.4 is 0 Å². The van der Waals surface area contributed by atoms with Crippen LogP contribution in [0.4, 0.5) is 0 Å². The molecule has 0 bridgehead atoms. The molecule has 0 amide bonds. The van der Waals surface area contributed by atoms with Gasteiger partial charge in [-0.1, -0.05) is 135 Å². The van der Waals surface area contributed by atoms with Gasteiger partial charge in [-0.2, -0.15) is 0 Å². The van der Waals surface area contributed by atoms with Crippen LogP contribution in [0.1, 0.15) is 25.0 Å². The maximum atomic E-state index is 6.45. The lowest BCUT2D eigenvalue weighted by atomic mass is 9.80. The molecule has 0 radical (unpaired) electrons. The fourth-order valence-corrected chi connectivity index (χ4v) is 8.73. The van der Waals surface area contributed by atoms with Gasteiger partial charge >= 0.3 is 0 Å². The standard InChI is InChI=1S/C49H33N3O/c1-49(2)40-23-9-6-20-38(40)46-44(49)45(31-26-27-42-39(29-31)35-18-7-10-24-41(35)52(42)33-16-4-3-5-17-33)50-48(51-46)32-15-12-14-30(28-32)34-21-13-22-37-36-19-8-11-25-43(36)53-47(34)37/h3-29H,1-2H3. The molecule has 3 heterocycles. The molecule has 1 aliphatic rings. The zero-order valence-electron chi connectivity index (χ0n) is 29.3. The van der Waals surface area contributed by atoms with Crippen LogP contribution in [0.15, 0.2) is 168 Å². The summed E-state index contributed by atoms with van der Waals surface area (Å²) in [6, 6.07) is 58.0. The number of para-hydroxylation sites is 4. The largest absolute Gasteiger partial charge is 0.455 e. The van der Waals surface area contributed by atoms with Crippen LogP contribution in [0.2, 0.25) is 0 Å². The molecule has 4 heteroatoms. The van der Waals surface area contributed by atoms with E-state index < -0.39 is 0 Å². The Morgan fingerprint density at radius 2 is 1.17 bits per heavy atom. The van der Waals surface area contributed by atoms with Crippen molar-refractivity contribution in [1.29, 1.82) is 0 Å². The molecule has 10 aromatic rings. The van der Waals surface area contributed by atoms with E-state index in [9.17, 15) is 0 Å². The van der Waals surface area contributed by atoms with Crippen molar-refractivity contribution in [3.63, 3.8) is 0 Å². The predicted octanol–water partition coefficient (Wildman–Crippen LogP) is 12.8. The molecule has 3 aromatic heterocycles. The third-order valence-corrected chi connectivity index (χ3v) is 11.2. The molecule has 0 saturated carbocycles. The first-order valence-electron chi connectivity index (χ1n) is 18.2. The second kappa shape index (κ2) is 11.1. The highest BCUT2D eigenvalue weighted by Crippen LogP contribution is 2.52. The molecule has 53 heavy (non-hydrogen) atoms. The molecular weight excluding hydrogens is 647 g/mol. The molecule has 0 fully saturated rings. The molecule has 0 N–H and O–H groups in total. The average molecular weight is 680 g/mol. The number of fused-ring (bicyclic) bond motifs is 9. The highest BCUT2D eigenvalue weighted by Gasteiger charge is 2.40. The SMILES string of the molecule is CC1(C)c2ccccc2-c2nc(-c3cccc(-c4cccc5c4oc4ccccc45)c3)nc(-c3ccc4c(c3)c3ccccc3n4-c3ccccc3)c21. The monoisotopic (exact) mass is 679 g/mol. The maximum absolute atomic E-state index is 6.45. The summed E-state index contributed by atoms with van der Waals surface area (Å²) in [4.78, 5) is 10.9. The normalized spacial score (nSPS) is 13.2. The summed E-state index contributed by atoms with van der Waals surface area (Å²) in [5, 5.41) is 4.65. The minimum absolute atomic E-state index is 0.286. The fourth-order valence-electron chi connectivity index (χ4n) is 8.73. The van der Waals surface area contributed by atoms with E-state index in [1.165, 1.54) is 32.9 Å². The van der Waals surface area contributed by atoms with Crippen molar-refractivity contribution in [3.8, 4) is 50.7 Å². The van der Waals surface area contributed by atoms with E-state index in [4.69, 9.17) is 14.4 Å². The zero-order chi connectivity index (χ0) is 35.3. The van der Waals surface area contributed by atoms with Crippen molar-refractivity contribution in [1.82, 2.24) is 14.5 Å². The van der Waals surface area contributed by atoms with Crippen molar-refractivity contribution in [3.05, 3.63) is 175 Å². The van der Waals surface area contributed by atoms with E-state index in [2.05, 4.69) is 170 Å². The van der Waals surface area contributed by atoms with Gasteiger partial charge in [-0.3, -0.25) is 0 Å². The van der Waals surface area contributed by atoms with Gasteiger partial charge in [0.25, 0.3) is 0 Å². The van der Waals surface area contributed by atoms with Crippen LogP contribution in [-0.4, -0.2) is 14.5 Å². The van der Waals surface area contributed by atoms with Gasteiger partial charge in [0.05, 0.1) is 22.4 Å². The number of rotatable bonds is 4. The third-order valence-electron chi connectivity index (χ3n) is 11.2. The summed E-state index contributed by atoms with van der Waals surface area (Å²) in [5.41, 5.74) is 14.7. The van der Waals surface area contributed by atoms with E-state index >= 15 is 0 Å². The summed E-state index contributed by atoms with van der Waals surface area (Å²) < 4.78 is 8.80. The average Bonchev–Trinajstić information content (AvgIpc) is 3.83. The molecular formula is C49H33N3O. The van der Waals surface area contributed by atoms with Gasteiger partial charge in [-0.15, -0.1) is 0 Å². The van der Waals surface area contributed by atoms with Crippen LogP contribution in [0.5, 0.6) is 0 Å². The Labute approximate surface area is 306 Å². The number of nitrogens with zero attached hydrogens (tertiary/aromatic N) is 3. The van der Waals surface area contributed by atoms with E-state index in [-0.39, 0.29) is 5.41 Å². The Bertz CT molecular complexity index is 3090. The van der Waals surface area contributed by atoms with Gasteiger partial charge in [-0.05, 0) is 53.6 Å². The van der Waals surface area contributed by atoms with Crippen LogP contribution in [0.25, 0.3) is 94.5 Å². The minimum atomic E-state index is -0.286. The molecule has 11 rings (SSSR count). The molecule has 0 atom stereocenters. The number of benzene rings is 7. The van der Waals surface area contributed by atoms with Crippen molar-refractivity contribution in [2.24, 2.45) is 0 Å². The van der Waals surface area contributed by atoms with Crippen LogP contribution in [-0.2, 0) is 5.41 Å². The molecule has 0 unspecified atom stereocenters. The summed E-state index contributed by atoms with van der Waals surface area (Å²) in [7, 11) is 0. The Hall–Kier alpha value is -6.78. The number of aromatic nitrogens is 3. The topological polar surface area (TPSA) is 43.9 Å². The molecule has 250 valence electrons. The van der Waals surface area contributed by atoms with E-state index in [1.807, 2.05) is 12.1 Å². The van der Waals surface area contributed by atoms with Gasteiger partial charge in [-0.25, -0.2) is 9.97 Å². The molecule has 7 aromatic carbocycles. The van der Waals surface area contributed by atoms with Gasteiger partial charge in [0.2, 0.25) is 0 Å². The smallest absolute Gasteiger partial charge is 0.160 e. The number of hydrogen-bond donors (Lipinski definition) is 0. The number of hydrogen-bond acceptors (Lipinski definition) is 3. The Morgan fingerprint density at radius 1 is 0.491 bits per heavy atom. The molecule has 1 aliphatic carbocycles. The van der Waals surface area contributed by atoms with Crippen molar-refractivity contribution >= 4 is 43.7 Å². The quantitative estimate of drug-likeness (QED) is 0.186. The second-order valence-electron chi connectivity index (χ2n) is 14.6. The Balaban J connectivity index is 1.14. The van der Waals surface area contributed by atoms with Crippen molar-refractivity contribution < 1.29 is 4.42 Å². The van der Waals surface area contributed by atoms with E-state index in [0.29, 0.717) is 5.82 Å². The van der Waals surface area contributed by atoms with E-state index in [0.717, 1.165) is 66.8 Å². The summed E-state index contributed by atoms with van der Waals surface area (Å²) in [6.07, 6.45) is 0. The first-order chi connectivity index (χ1) is 26.0. The highest BCUT2D eigenvalue weighted by molar-refractivity contribution is 6.11. The van der Waals surface area contributed by atoms with Crippen molar-refractivity contribution in [2.75, 3.05) is 0 Å². The Morgan fingerprint density at radius 3 is 2.08 bits per heavy atom.